The van der Waals surface area contributed by atoms with Crippen LogP contribution in [0, 0.1) is 12.3 Å². The highest BCUT2D eigenvalue weighted by Gasteiger charge is 2.14. The Kier molecular flexibility index (Phi) is 7.55. The number of hydrogen-bond donors (Lipinski definition) is 2. The van der Waals surface area contributed by atoms with Gasteiger partial charge in [0.1, 0.15) is 0 Å². The molecule has 0 radical (unpaired) electrons. The molecule has 0 fully saturated rings. The third kappa shape index (κ3) is 6.22. The number of nitrogens with one attached hydrogen (secondary N) is 2. The smallest absolute Gasteiger partial charge is 0.251 e. The van der Waals surface area contributed by atoms with Crippen molar-refractivity contribution >= 4 is 15.9 Å². The van der Waals surface area contributed by atoms with Gasteiger partial charge in [0.2, 0.25) is 10.0 Å². The molecule has 0 heterocycles. The van der Waals surface area contributed by atoms with E-state index in [9.17, 15) is 13.2 Å². The van der Waals surface area contributed by atoms with Crippen LogP contribution < -0.4 is 10.0 Å². The quantitative estimate of drug-likeness (QED) is 0.646. The van der Waals surface area contributed by atoms with Gasteiger partial charge < -0.3 is 10.1 Å². The number of carbonyl (C=O) groups is 1. The number of terminal acetylenes is 1. The summed E-state index contributed by atoms with van der Waals surface area (Å²) in [5.74, 6) is 1.92. The average molecular weight is 386 g/mol. The predicted octanol–water partition coefficient (Wildman–Crippen LogP) is 2.06. The van der Waals surface area contributed by atoms with Gasteiger partial charge in [-0.25, -0.2) is 8.42 Å². The third-order valence-electron chi connectivity index (χ3n) is 3.74. The van der Waals surface area contributed by atoms with Crippen LogP contribution in [0.1, 0.15) is 28.4 Å². The standard InChI is InChI=1S/C20H22N2O4S/c1-3-13-22-27(24,25)19-11-9-18(10-12-19)20(23)21-14-16-5-7-17(8-6-16)15-26-4-2/h1,5-12,22H,4,13-15H2,2H3,(H,21,23). The number of amides is 1. The molecule has 0 aromatic heterocycles. The van der Waals surface area contributed by atoms with Gasteiger partial charge in [-0.05, 0) is 42.3 Å². The fourth-order valence-electron chi connectivity index (χ4n) is 2.26. The number of carbonyl (C=O) groups excluding carboxylic acids is 1. The predicted molar refractivity (Wildman–Crippen MR) is 103 cm³/mol. The number of ether oxygens (including phenoxy) is 1. The molecule has 0 aliphatic carbocycles. The Morgan fingerprint density at radius 2 is 1.70 bits per heavy atom. The van der Waals surface area contributed by atoms with Crippen molar-refractivity contribution in [2.45, 2.75) is 25.0 Å². The molecule has 7 heteroatoms. The molecule has 0 bridgehead atoms. The van der Waals surface area contributed by atoms with Gasteiger partial charge in [0.05, 0.1) is 18.0 Å². The molecular formula is C20H22N2O4S. The van der Waals surface area contributed by atoms with Gasteiger partial charge in [0.25, 0.3) is 5.91 Å². The lowest BCUT2D eigenvalue weighted by Gasteiger charge is -2.08. The number of sulfonamides is 1. The van der Waals surface area contributed by atoms with E-state index in [0.717, 1.165) is 11.1 Å². The van der Waals surface area contributed by atoms with Crippen molar-refractivity contribution in [3.63, 3.8) is 0 Å². The minimum atomic E-state index is -3.67. The van der Waals surface area contributed by atoms with E-state index < -0.39 is 10.0 Å². The molecule has 2 N–H and O–H groups in total. The third-order valence-corrected chi connectivity index (χ3v) is 5.16. The Balaban J connectivity index is 1.93. The van der Waals surface area contributed by atoms with Crippen molar-refractivity contribution in [2.75, 3.05) is 13.2 Å². The Morgan fingerprint density at radius 1 is 1.07 bits per heavy atom. The summed E-state index contributed by atoms with van der Waals surface area (Å²) >= 11 is 0. The summed E-state index contributed by atoms with van der Waals surface area (Å²) in [7, 11) is -3.67. The van der Waals surface area contributed by atoms with Crippen molar-refractivity contribution in [2.24, 2.45) is 0 Å². The first-order valence-electron chi connectivity index (χ1n) is 8.43. The lowest BCUT2D eigenvalue weighted by molar-refractivity contribution is 0.0950. The monoisotopic (exact) mass is 386 g/mol. The Labute approximate surface area is 160 Å². The fraction of sp³-hybridized carbons (Fsp3) is 0.250. The van der Waals surface area contributed by atoms with E-state index in [4.69, 9.17) is 11.2 Å². The Morgan fingerprint density at radius 3 is 2.30 bits per heavy atom. The Hall–Kier alpha value is -2.66. The molecule has 2 aromatic carbocycles. The van der Waals surface area contributed by atoms with Gasteiger partial charge in [-0.3, -0.25) is 4.79 Å². The van der Waals surface area contributed by atoms with E-state index in [2.05, 4.69) is 16.0 Å². The van der Waals surface area contributed by atoms with E-state index in [0.29, 0.717) is 25.3 Å². The van der Waals surface area contributed by atoms with Gasteiger partial charge >= 0.3 is 0 Å². The maximum absolute atomic E-state index is 12.2. The molecule has 1 amide bonds. The lowest BCUT2D eigenvalue weighted by Crippen LogP contribution is -2.25. The van der Waals surface area contributed by atoms with Crippen LogP contribution in [0.5, 0.6) is 0 Å². The van der Waals surface area contributed by atoms with Crippen LogP contribution in [0.25, 0.3) is 0 Å². The number of rotatable bonds is 9. The summed E-state index contributed by atoms with van der Waals surface area (Å²) in [6, 6.07) is 13.4. The molecule has 0 aliphatic rings. The summed E-state index contributed by atoms with van der Waals surface area (Å²) in [5, 5.41) is 2.81. The second-order valence-corrected chi connectivity index (χ2v) is 7.46. The normalized spacial score (nSPS) is 11.0. The largest absolute Gasteiger partial charge is 0.377 e. The minimum Gasteiger partial charge on any atom is -0.377 e. The van der Waals surface area contributed by atoms with Crippen LogP contribution in [0.3, 0.4) is 0 Å². The average Bonchev–Trinajstić information content (AvgIpc) is 2.70. The topological polar surface area (TPSA) is 84.5 Å². The van der Waals surface area contributed by atoms with Crippen LogP contribution in [0.2, 0.25) is 0 Å². The summed E-state index contributed by atoms with van der Waals surface area (Å²) in [6.07, 6.45) is 5.05. The van der Waals surface area contributed by atoms with Gasteiger partial charge in [-0.2, -0.15) is 4.72 Å². The van der Waals surface area contributed by atoms with Gasteiger partial charge in [-0.1, -0.05) is 30.2 Å². The number of hydrogen-bond acceptors (Lipinski definition) is 4. The zero-order chi connectivity index (χ0) is 19.7. The molecule has 2 rings (SSSR count). The second-order valence-electron chi connectivity index (χ2n) is 5.69. The van der Waals surface area contributed by atoms with Crippen molar-refractivity contribution < 1.29 is 17.9 Å². The first kappa shape index (κ1) is 20.6. The molecule has 6 nitrogen and oxygen atoms in total. The second kappa shape index (κ2) is 9.88. The SMILES string of the molecule is C#CCNS(=O)(=O)c1ccc(C(=O)NCc2ccc(COCC)cc2)cc1. The highest BCUT2D eigenvalue weighted by molar-refractivity contribution is 7.89. The van der Waals surface area contributed by atoms with Crippen LogP contribution >= 0.6 is 0 Å². The van der Waals surface area contributed by atoms with Crippen LogP contribution in [-0.2, 0) is 27.9 Å². The van der Waals surface area contributed by atoms with Crippen LogP contribution in [-0.4, -0.2) is 27.5 Å². The van der Waals surface area contributed by atoms with E-state index in [1.54, 1.807) is 0 Å². The molecule has 0 aliphatic heterocycles. The zero-order valence-electron chi connectivity index (χ0n) is 15.1. The number of benzene rings is 2. The summed E-state index contributed by atoms with van der Waals surface area (Å²) in [6.45, 7) is 3.46. The van der Waals surface area contributed by atoms with Crippen molar-refractivity contribution in [3.05, 3.63) is 65.2 Å². The van der Waals surface area contributed by atoms with Gasteiger partial charge in [0, 0.05) is 18.7 Å². The zero-order valence-corrected chi connectivity index (χ0v) is 15.9. The van der Waals surface area contributed by atoms with Crippen molar-refractivity contribution in [1.29, 1.82) is 0 Å². The van der Waals surface area contributed by atoms with Crippen LogP contribution in [0.4, 0.5) is 0 Å². The summed E-state index contributed by atoms with van der Waals surface area (Å²) < 4.78 is 31.5. The first-order chi connectivity index (χ1) is 13.0. The van der Waals surface area contributed by atoms with E-state index in [-0.39, 0.29) is 17.3 Å². The molecule has 0 saturated heterocycles. The molecule has 27 heavy (non-hydrogen) atoms. The van der Waals surface area contributed by atoms with Gasteiger partial charge in [0.15, 0.2) is 0 Å². The van der Waals surface area contributed by atoms with Crippen LogP contribution in [0.15, 0.2) is 53.4 Å². The highest BCUT2D eigenvalue weighted by atomic mass is 32.2. The van der Waals surface area contributed by atoms with Gasteiger partial charge in [-0.15, -0.1) is 6.42 Å². The fourth-order valence-corrected chi connectivity index (χ4v) is 3.20. The molecule has 142 valence electrons. The molecule has 2 aromatic rings. The van der Waals surface area contributed by atoms with Crippen molar-refractivity contribution in [1.82, 2.24) is 10.0 Å². The molecule has 0 spiro atoms. The highest BCUT2D eigenvalue weighted by Crippen LogP contribution is 2.11. The minimum absolute atomic E-state index is 0.0548. The maximum atomic E-state index is 12.2. The van der Waals surface area contributed by atoms with E-state index >= 15 is 0 Å². The molecule has 0 unspecified atom stereocenters. The van der Waals surface area contributed by atoms with E-state index in [1.807, 2.05) is 31.2 Å². The van der Waals surface area contributed by atoms with E-state index in [1.165, 1.54) is 24.3 Å². The molecule has 0 saturated carbocycles. The first-order valence-corrected chi connectivity index (χ1v) is 9.91. The lowest BCUT2D eigenvalue weighted by atomic mass is 10.1. The molecule has 0 atom stereocenters. The summed E-state index contributed by atoms with van der Waals surface area (Å²) in [4.78, 5) is 12.3. The molecular weight excluding hydrogens is 364 g/mol. The maximum Gasteiger partial charge on any atom is 0.251 e. The van der Waals surface area contributed by atoms with Crippen molar-refractivity contribution in [3.8, 4) is 12.3 Å². The summed E-state index contributed by atoms with van der Waals surface area (Å²) in [5.41, 5.74) is 2.40. The Bertz CT molecular complexity index is 898.